The lowest BCUT2D eigenvalue weighted by atomic mass is 10.1. The average Bonchev–Trinajstić information content (AvgIpc) is 3.11. The first kappa shape index (κ1) is 17.6. The highest BCUT2D eigenvalue weighted by Gasteiger charge is 2.24. The zero-order chi connectivity index (χ0) is 15.2. The van der Waals surface area contributed by atoms with Crippen LogP contribution in [0.2, 0.25) is 0 Å². The molecule has 1 fully saturated rings. The van der Waals surface area contributed by atoms with E-state index in [1.165, 1.54) is 19.3 Å². The van der Waals surface area contributed by atoms with E-state index in [-0.39, 0.29) is 24.4 Å². The summed E-state index contributed by atoms with van der Waals surface area (Å²) < 4.78 is 5.59. The average molecular weight is 335 g/mol. The number of halogens is 1. The van der Waals surface area contributed by atoms with Crippen LogP contribution in [0.1, 0.15) is 41.4 Å². The van der Waals surface area contributed by atoms with Gasteiger partial charge in [0.2, 0.25) is 0 Å². The van der Waals surface area contributed by atoms with Crippen LogP contribution in [-0.2, 0) is 0 Å². The molecule has 1 amide bonds. The minimum Gasteiger partial charge on any atom is -0.468 e. The van der Waals surface area contributed by atoms with Crippen molar-refractivity contribution in [3.05, 3.63) is 60.1 Å². The Morgan fingerprint density at radius 1 is 1.09 bits per heavy atom. The third kappa shape index (κ3) is 4.60. The van der Waals surface area contributed by atoms with E-state index >= 15 is 0 Å². The number of amides is 1. The molecular formula is C18H23ClN2O2. The van der Waals surface area contributed by atoms with Gasteiger partial charge in [-0.1, -0.05) is 24.6 Å². The van der Waals surface area contributed by atoms with E-state index in [9.17, 15) is 4.79 Å². The first-order valence-electron chi connectivity index (χ1n) is 7.95. The monoisotopic (exact) mass is 334 g/mol. The fraction of sp³-hybridized carbons (Fsp3) is 0.389. The molecule has 1 aliphatic heterocycles. The molecule has 0 saturated carbocycles. The van der Waals surface area contributed by atoms with Gasteiger partial charge in [0.25, 0.3) is 5.91 Å². The van der Waals surface area contributed by atoms with Crippen LogP contribution in [0.5, 0.6) is 0 Å². The summed E-state index contributed by atoms with van der Waals surface area (Å²) in [6.45, 7) is 2.69. The lowest BCUT2D eigenvalue weighted by Crippen LogP contribution is -2.40. The van der Waals surface area contributed by atoms with Gasteiger partial charge in [-0.3, -0.25) is 9.69 Å². The minimum absolute atomic E-state index is 0. The van der Waals surface area contributed by atoms with Gasteiger partial charge in [-0.2, -0.15) is 0 Å². The molecule has 1 N–H and O–H groups in total. The molecule has 0 bridgehead atoms. The van der Waals surface area contributed by atoms with Gasteiger partial charge in [-0.15, -0.1) is 12.4 Å². The molecule has 1 aliphatic rings. The molecule has 2 aromatic rings. The molecular weight excluding hydrogens is 312 g/mol. The summed E-state index contributed by atoms with van der Waals surface area (Å²) >= 11 is 0. The number of nitrogens with one attached hydrogen (secondary N) is 1. The molecule has 1 aromatic carbocycles. The Kier molecular flexibility index (Phi) is 6.68. The molecule has 4 nitrogen and oxygen atoms in total. The molecule has 23 heavy (non-hydrogen) atoms. The van der Waals surface area contributed by atoms with Crippen molar-refractivity contribution >= 4 is 18.3 Å². The van der Waals surface area contributed by atoms with Crippen LogP contribution in [-0.4, -0.2) is 30.4 Å². The molecule has 2 heterocycles. The lowest BCUT2D eigenvalue weighted by Gasteiger charge is -2.33. The third-order valence-electron chi connectivity index (χ3n) is 4.19. The Morgan fingerprint density at radius 2 is 1.83 bits per heavy atom. The van der Waals surface area contributed by atoms with Gasteiger partial charge in [-0.05, 0) is 50.2 Å². The van der Waals surface area contributed by atoms with Gasteiger partial charge in [0.15, 0.2) is 0 Å². The predicted molar refractivity (Wildman–Crippen MR) is 92.9 cm³/mol. The van der Waals surface area contributed by atoms with E-state index in [2.05, 4.69) is 10.2 Å². The van der Waals surface area contributed by atoms with Crippen LogP contribution in [0.15, 0.2) is 53.1 Å². The van der Waals surface area contributed by atoms with Crippen LogP contribution in [0.3, 0.4) is 0 Å². The maximum atomic E-state index is 12.2. The number of likely N-dealkylation sites (tertiary alicyclic amines) is 1. The van der Waals surface area contributed by atoms with Gasteiger partial charge in [-0.25, -0.2) is 0 Å². The van der Waals surface area contributed by atoms with Gasteiger partial charge in [0.1, 0.15) is 5.76 Å². The number of benzene rings is 1. The van der Waals surface area contributed by atoms with E-state index in [0.717, 1.165) is 18.8 Å². The summed E-state index contributed by atoms with van der Waals surface area (Å²) in [7, 11) is 0. The highest BCUT2D eigenvalue weighted by atomic mass is 35.5. The summed E-state index contributed by atoms with van der Waals surface area (Å²) in [5.41, 5.74) is 0.694. The number of piperidine rings is 1. The van der Waals surface area contributed by atoms with E-state index in [1.54, 1.807) is 6.26 Å². The molecule has 1 unspecified atom stereocenters. The third-order valence-corrected chi connectivity index (χ3v) is 4.19. The van der Waals surface area contributed by atoms with Crippen LogP contribution < -0.4 is 5.32 Å². The Bertz CT molecular complexity index is 580. The minimum atomic E-state index is -0.0332. The van der Waals surface area contributed by atoms with Crippen LogP contribution in [0, 0.1) is 0 Å². The topological polar surface area (TPSA) is 45.5 Å². The van der Waals surface area contributed by atoms with Crippen molar-refractivity contribution in [1.82, 2.24) is 10.2 Å². The highest BCUT2D eigenvalue weighted by molar-refractivity contribution is 5.94. The molecule has 124 valence electrons. The Balaban J connectivity index is 0.00000192. The zero-order valence-corrected chi connectivity index (χ0v) is 13.9. The smallest absolute Gasteiger partial charge is 0.251 e. The highest BCUT2D eigenvalue weighted by Crippen LogP contribution is 2.24. The van der Waals surface area contributed by atoms with Crippen molar-refractivity contribution in [3.8, 4) is 0 Å². The molecule has 1 atom stereocenters. The summed E-state index contributed by atoms with van der Waals surface area (Å²) in [4.78, 5) is 14.7. The Hall–Kier alpha value is -1.78. The molecule has 0 spiro atoms. The van der Waals surface area contributed by atoms with Gasteiger partial charge in [0.05, 0.1) is 12.3 Å². The van der Waals surface area contributed by atoms with Crippen molar-refractivity contribution in [2.45, 2.75) is 25.3 Å². The summed E-state index contributed by atoms with van der Waals surface area (Å²) in [6, 6.07) is 13.3. The van der Waals surface area contributed by atoms with Crippen molar-refractivity contribution in [2.24, 2.45) is 0 Å². The normalized spacial score (nSPS) is 16.3. The van der Waals surface area contributed by atoms with Crippen molar-refractivity contribution in [3.63, 3.8) is 0 Å². The summed E-state index contributed by atoms with van der Waals surface area (Å²) in [5, 5.41) is 3.04. The maximum absolute atomic E-state index is 12.2. The number of carbonyl (C=O) groups is 1. The zero-order valence-electron chi connectivity index (χ0n) is 13.1. The van der Waals surface area contributed by atoms with E-state index in [0.29, 0.717) is 12.1 Å². The Labute approximate surface area is 143 Å². The lowest BCUT2D eigenvalue weighted by molar-refractivity contribution is 0.0914. The fourth-order valence-electron chi connectivity index (χ4n) is 3.00. The second-order valence-electron chi connectivity index (χ2n) is 5.70. The summed E-state index contributed by atoms with van der Waals surface area (Å²) in [5.74, 6) is 0.893. The first-order chi connectivity index (χ1) is 10.8. The predicted octanol–water partition coefficient (Wildman–Crippen LogP) is 3.66. The van der Waals surface area contributed by atoms with E-state index < -0.39 is 0 Å². The number of carbonyl (C=O) groups excluding carboxylic acids is 1. The molecule has 0 radical (unpaired) electrons. The van der Waals surface area contributed by atoms with Gasteiger partial charge < -0.3 is 9.73 Å². The summed E-state index contributed by atoms with van der Waals surface area (Å²) in [6.07, 6.45) is 5.41. The van der Waals surface area contributed by atoms with Crippen LogP contribution >= 0.6 is 12.4 Å². The number of nitrogens with zero attached hydrogens (tertiary/aromatic N) is 1. The van der Waals surface area contributed by atoms with Gasteiger partial charge >= 0.3 is 0 Å². The van der Waals surface area contributed by atoms with Crippen molar-refractivity contribution < 1.29 is 9.21 Å². The Morgan fingerprint density at radius 3 is 2.48 bits per heavy atom. The SMILES string of the molecule is Cl.O=C(NCC(c1ccco1)N1CCCCC1)c1ccccc1. The standard InChI is InChI=1S/C18H22N2O2.ClH/c21-18(15-8-3-1-4-9-15)19-14-16(17-10-7-13-22-17)20-11-5-2-6-12-20;/h1,3-4,7-10,13,16H,2,5-6,11-12,14H2,(H,19,21);1H. The molecule has 3 rings (SSSR count). The van der Waals surface area contributed by atoms with Gasteiger partial charge in [0, 0.05) is 12.1 Å². The second-order valence-corrected chi connectivity index (χ2v) is 5.70. The molecule has 0 aliphatic carbocycles. The molecule has 1 saturated heterocycles. The number of hydrogen-bond acceptors (Lipinski definition) is 3. The first-order valence-corrected chi connectivity index (χ1v) is 7.95. The largest absolute Gasteiger partial charge is 0.468 e. The van der Waals surface area contributed by atoms with Crippen LogP contribution in [0.25, 0.3) is 0 Å². The second kappa shape index (κ2) is 8.75. The number of furan rings is 1. The van der Waals surface area contributed by atoms with E-state index in [4.69, 9.17) is 4.42 Å². The van der Waals surface area contributed by atoms with E-state index in [1.807, 2.05) is 42.5 Å². The van der Waals surface area contributed by atoms with Crippen molar-refractivity contribution in [1.29, 1.82) is 0 Å². The van der Waals surface area contributed by atoms with Crippen LogP contribution in [0.4, 0.5) is 0 Å². The number of hydrogen-bond donors (Lipinski definition) is 1. The fourth-order valence-corrected chi connectivity index (χ4v) is 3.00. The molecule has 1 aromatic heterocycles. The quantitative estimate of drug-likeness (QED) is 0.907. The molecule has 5 heteroatoms. The van der Waals surface area contributed by atoms with Crippen molar-refractivity contribution in [2.75, 3.05) is 19.6 Å². The number of rotatable bonds is 5. The maximum Gasteiger partial charge on any atom is 0.251 e.